The number of nitrogens with one attached hydrogen (secondary N) is 2. The van der Waals surface area contributed by atoms with Crippen LogP contribution in [0.15, 0.2) is 48.5 Å². The van der Waals surface area contributed by atoms with Crippen LogP contribution in [0.1, 0.15) is 22.3 Å². The highest BCUT2D eigenvalue weighted by Crippen LogP contribution is 2.25. The van der Waals surface area contributed by atoms with Crippen LogP contribution in [-0.4, -0.2) is 34.8 Å². The van der Waals surface area contributed by atoms with Crippen molar-refractivity contribution in [2.45, 2.75) is 19.0 Å². The lowest BCUT2D eigenvalue weighted by molar-refractivity contribution is -0.384. The molecular weight excluding hydrogens is 402 g/mol. The molecule has 0 aliphatic rings. The number of nitrogens with zero attached hydrogens (tertiary/aromatic N) is 1. The number of benzene rings is 2. The van der Waals surface area contributed by atoms with Crippen LogP contribution in [0.4, 0.5) is 5.69 Å². The number of hydrogen-bond acceptors (Lipinski definition) is 5. The summed E-state index contributed by atoms with van der Waals surface area (Å²) in [5.41, 5.74) is 0.656. The molecule has 0 aliphatic heterocycles. The van der Waals surface area contributed by atoms with Gasteiger partial charge in [-0.25, -0.2) is 0 Å². The van der Waals surface area contributed by atoms with Gasteiger partial charge in [0.2, 0.25) is 5.91 Å². The highest BCUT2D eigenvalue weighted by Gasteiger charge is 2.23. The maximum absolute atomic E-state index is 12.6. The number of halogens is 1. The fourth-order valence-electron chi connectivity index (χ4n) is 2.45. The predicted octanol–water partition coefficient (Wildman–Crippen LogP) is 3.42. The lowest BCUT2D eigenvalue weighted by atomic mass is 10.1. The second-order valence-electron chi connectivity index (χ2n) is 5.93. The summed E-state index contributed by atoms with van der Waals surface area (Å²) in [5.74, 6) is -0.208. The van der Waals surface area contributed by atoms with Crippen LogP contribution in [0.25, 0.3) is 0 Å². The average molecular weight is 422 g/mol. The minimum absolute atomic E-state index is 0.0545. The minimum atomic E-state index is -0.751. The van der Waals surface area contributed by atoms with Gasteiger partial charge >= 0.3 is 0 Å². The van der Waals surface area contributed by atoms with Crippen molar-refractivity contribution in [3.05, 3.63) is 74.8 Å². The Morgan fingerprint density at radius 2 is 1.93 bits per heavy atom. The van der Waals surface area contributed by atoms with Gasteiger partial charge in [0.1, 0.15) is 11.1 Å². The molecule has 28 heavy (non-hydrogen) atoms. The molecule has 0 saturated carbocycles. The number of carbonyl (C=O) groups excluding carboxylic acids is 2. The molecule has 0 saturated heterocycles. The summed E-state index contributed by atoms with van der Waals surface area (Å²) in [6.45, 7) is 0.345. The Morgan fingerprint density at radius 1 is 1.21 bits per heavy atom. The molecule has 7 nitrogen and oxygen atoms in total. The Kier molecular flexibility index (Phi) is 8.28. The standard InChI is InChI=1S/C19H20ClN3O4S/c1-28-10-9-16(19(25)21-12-13-5-3-2-4-6-13)22-18(24)14-7-8-15(20)17(11-14)23(26)27/h2-8,11,16H,9-10,12H2,1H3,(H,21,25)(H,22,24). The van der Waals surface area contributed by atoms with Crippen LogP contribution in [0, 0.1) is 10.1 Å². The van der Waals surface area contributed by atoms with Crippen LogP contribution in [0.5, 0.6) is 0 Å². The summed E-state index contributed by atoms with van der Waals surface area (Å²) in [6, 6.07) is 12.5. The lowest BCUT2D eigenvalue weighted by Gasteiger charge is -2.18. The highest BCUT2D eigenvalue weighted by molar-refractivity contribution is 7.98. The molecule has 1 unspecified atom stereocenters. The van der Waals surface area contributed by atoms with Gasteiger partial charge in [-0.3, -0.25) is 19.7 Å². The van der Waals surface area contributed by atoms with Crippen molar-refractivity contribution in [3.63, 3.8) is 0 Å². The number of rotatable bonds is 9. The first kappa shape index (κ1) is 21.7. The molecule has 1 atom stereocenters. The van der Waals surface area contributed by atoms with E-state index in [1.807, 2.05) is 36.6 Å². The first-order valence-corrected chi connectivity index (χ1v) is 10.2. The van der Waals surface area contributed by atoms with E-state index in [-0.39, 0.29) is 22.2 Å². The number of hydrogen-bond donors (Lipinski definition) is 2. The minimum Gasteiger partial charge on any atom is -0.350 e. The van der Waals surface area contributed by atoms with Gasteiger partial charge in [0.25, 0.3) is 11.6 Å². The van der Waals surface area contributed by atoms with Crippen LogP contribution in [0.3, 0.4) is 0 Å². The summed E-state index contributed by atoms with van der Waals surface area (Å²) in [5, 5.41) is 16.4. The Hall–Kier alpha value is -2.58. The van der Waals surface area contributed by atoms with Crippen LogP contribution in [-0.2, 0) is 11.3 Å². The molecule has 0 fully saturated rings. The molecule has 148 valence electrons. The first-order valence-electron chi connectivity index (χ1n) is 8.47. The Bertz CT molecular complexity index is 848. The van der Waals surface area contributed by atoms with Crippen LogP contribution in [0.2, 0.25) is 5.02 Å². The third kappa shape index (κ3) is 6.24. The summed E-state index contributed by atoms with van der Waals surface area (Å²) < 4.78 is 0. The molecule has 9 heteroatoms. The van der Waals surface area contributed by atoms with E-state index in [1.165, 1.54) is 12.1 Å². The molecule has 0 radical (unpaired) electrons. The van der Waals surface area contributed by atoms with Gasteiger partial charge in [-0.15, -0.1) is 0 Å². The number of nitro benzene ring substituents is 1. The number of thioether (sulfide) groups is 1. The van der Waals surface area contributed by atoms with Crippen molar-refractivity contribution in [1.82, 2.24) is 10.6 Å². The maximum atomic E-state index is 12.6. The SMILES string of the molecule is CSCCC(NC(=O)c1ccc(Cl)c([N+](=O)[O-])c1)C(=O)NCc1ccccc1. The molecule has 2 aromatic rings. The second-order valence-corrected chi connectivity index (χ2v) is 7.33. The summed E-state index contributed by atoms with van der Waals surface area (Å²) in [4.78, 5) is 35.4. The van der Waals surface area contributed by atoms with E-state index in [2.05, 4.69) is 10.6 Å². The van der Waals surface area contributed by atoms with E-state index in [0.717, 1.165) is 11.6 Å². The smallest absolute Gasteiger partial charge is 0.288 e. The van der Waals surface area contributed by atoms with Gasteiger partial charge < -0.3 is 10.6 Å². The van der Waals surface area contributed by atoms with Crippen molar-refractivity contribution in [2.75, 3.05) is 12.0 Å². The van der Waals surface area contributed by atoms with E-state index < -0.39 is 16.9 Å². The molecule has 2 aromatic carbocycles. The Labute approximate surface area is 172 Å². The fourth-order valence-corrected chi connectivity index (χ4v) is 3.11. The molecule has 0 bridgehead atoms. The molecule has 2 rings (SSSR count). The first-order chi connectivity index (χ1) is 13.4. The topological polar surface area (TPSA) is 101 Å². The van der Waals surface area contributed by atoms with Crippen molar-refractivity contribution >= 4 is 40.9 Å². The van der Waals surface area contributed by atoms with E-state index in [9.17, 15) is 19.7 Å². The van der Waals surface area contributed by atoms with Crippen molar-refractivity contribution in [3.8, 4) is 0 Å². The molecular formula is C19H20ClN3O4S. The predicted molar refractivity (Wildman–Crippen MR) is 111 cm³/mol. The quantitative estimate of drug-likeness (QED) is 0.477. The van der Waals surface area contributed by atoms with E-state index >= 15 is 0 Å². The van der Waals surface area contributed by atoms with E-state index in [0.29, 0.717) is 18.7 Å². The Morgan fingerprint density at radius 3 is 2.57 bits per heavy atom. The van der Waals surface area contributed by atoms with Crippen molar-refractivity contribution in [1.29, 1.82) is 0 Å². The van der Waals surface area contributed by atoms with Crippen molar-refractivity contribution < 1.29 is 14.5 Å². The zero-order chi connectivity index (χ0) is 20.5. The highest BCUT2D eigenvalue weighted by atomic mass is 35.5. The van der Waals surface area contributed by atoms with Crippen LogP contribution < -0.4 is 10.6 Å². The van der Waals surface area contributed by atoms with Gasteiger partial charge in [-0.1, -0.05) is 41.9 Å². The Balaban J connectivity index is 2.08. The third-order valence-corrected chi connectivity index (χ3v) is 4.91. The number of amides is 2. The molecule has 0 aliphatic carbocycles. The van der Waals surface area contributed by atoms with Crippen LogP contribution >= 0.6 is 23.4 Å². The third-order valence-electron chi connectivity index (χ3n) is 3.95. The normalized spacial score (nSPS) is 11.5. The number of nitro groups is 1. The zero-order valence-electron chi connectivity index (χ0n) is 15.2. The molecule has 2 N–H and O–H groups in total. The van der Waals surface area contributed by atoms with Crippen molar-refractivity contribution in [2.24, 2.45) is 0 Å². The number of carbonyl (C=O) groups is 2. The summed E-state index contributed by atoms with van der Waals surface area (Å²) in [6.07, 6.45) is 2.34. The molecule has 0 aromatic heterocycles. The average Bonchev–Trinajstić information content (AvgIpc) is 2.70. The van der Waals surface area contributed by atoms with Gasteiger partial charge in [0, 0.05) is 18.2 Å². The summed E-state index contributed by atoms with van der Waals surface area (Å²) >= 11 is 7.33. The second kappa shape index (κ2) is 10.7. The maximum Gasteiger partial charge on any atom is 0.288 e. The molecule has 0 heterocycles. The van der Waals surface area contributed by atoms with Gasteiger partial charge in [0.15, 0.2) is 0 Å². The van der Waals surface area contributed by atoms with Gasteiger partial charge in [-0.05, 0) is 36.1 Å². The monoisotopic (exact) mass is 421 g/mol. The fraction of sp³-hybridized carbons (Fsp3) is 0.263. The zero-order valence-corrected chi connectivity index (χ0v) is 16.8. The van der Waals surface area contributed by atoms with Gasteiger partial charge in [0.05, 0.1) is 4.92 Å². The molecule has 2 amide bonds. The summed E-state index contributed by atoms with van der Waals surface area (Å²) in [7, 11) is 0. The van der Waals surface area contributed by atoms with Gasteiger partial charge in [-0.2, -0.15) is 11.8 Å². The molecule has 0 spiro atoms. The lowest BCUT2D eigenvalue weighted by Crippen LogP contribution is -2.46. The largest absolute Gasteiger partial charge is 0.350 e. The van der Waals surface area contributed by atoms with E-state index in [1.54, 1.807) is 11.8 Å². The van der Waals surface area contributed by atoms with E-state index in [4.69, 9.17) is 11.6 Å².